The van der Waals surface area contributed by atoms with Crippen LogP contribution in [-0.2, 0) is 19.5 Å². The molecule has 33 heavy (non-hydrogen) atoms. The van der Waals surface area contributed by atoms with E-state index in [2.05, 4.69) is 29.3 Å². The molecule has 4 heterocycles. The molecule has 6 nitrogen and oxygen atoms in total. The molecular weight excluding hydrogens is 417 g/mol. The van der Waals surface area contributed by atoms with E-state index in [-0.39, 0.29) is 5.91 Å². The maximum Gasteiger partial charge on any atom is 0.255 e. The molecule has 1 amide bonds. The van der Waals surface area contributed by atoms with Gasteiger partial charge in [-0.1, -0.05) is 19.8 Å². The second-order valence-corrected chi connectivity index (χ2v) is 10.3. The van der Waals surface area contributed by atoms with Crippen molar-refractivity contribution in [1.29, 1.82) is 0 Å². The Bertz CT molecular complexity index is 1260. The van der Waals surface area contributed by atoms with Gasteiger partial charge in [-0.2, -0.15) is 5.10 Å². The predicted molar refractivity (Wildman–Crippen MR) is 123 cm³/mol. The first kappa shape index (κ1) is 20.5. The minimum Gasteiger partial charge on any atom is -0.336 e. The second-order valence-electron chi connectivity index (χ2n) is 10.3. The van der Waals surface area contributed by atoms with Crippen LogP contribution >= 0.6 is 0 Å². The molecule has 0 bridgehead atoms. The normalized spacial score (nSPS) is 21.0. The monoisotopic (exact) mass is 445 g/mol. The highest BCUT2D eigenvalue weighted by Gasteiger charge is 2.31. The zero-order valence-electron chi connectivity index (χ0n) is 19.1. The number of halogens is 1. The first-order valence-electron chi connectivity index (χ1n) is 11.9. The van der Waals surface area contributed by atoms with Gasteiger partial charge < -0.3 is 4.90 Å². The molecule has 3 aliphatic rings. The van der Waals surface area contributed by atoms with Gasteiger partial charge in [0.15, 0.2) is 0 Å². The molecule has 1 aliphatic heterocycles. The van der Waals surface area contributed by atoms with Crippen LogP contribution in [-0.4, -0.2) is 37.6 Å². The summed E-state index contributed by atoms with van der Waals surface area (Å²) in [5.41, 5.74) is 6.44. The van der Waals surface area contributed by atoms with Gasteiger partial charge in [0.05, 0.1) is 35.4 Å². The summed E-state index contributed by atoms with van der Waals surface area (Å²) < 4.78 is 16.6. The molecule has 170 valence electrons. The first-order valence-corrected chi connectivity index (χ1v) is 11.9. The van der Waals surface area contributed by atoms with Crippen LogP contribution in [0.15, 0.2) is 30.7 Å². The molecular formula is C26H28FN5O. The van der Waals surface area contributed by atoms with Crippen molar-refractivity contribution in [2.24, 2.45) is 5.41 Å². The Hall–Kier alpha value is -3.09. The van der Waals surface area contributed by atoms with E-state index in [4.69, 9.17) is 4.98 Å². The number of hydrogen-bond acceptors (Lipinski definition) is 4. The van der Waals surface area contributed by atoms with Crippen LogP contribution in [0.5, 0.6) is 0 Å². The first-order chi connectivity index (χ1) is 15.9. The average Bonchev–Trinajstić information content (AvgIpc) is 3.58. The van der Waals surface area contributed by atoms with Crippen molar-refractivity contribution < 1.29 is 9.18 Å². The van der Waals surface area contributed by atoms with Crippen LogP contribution in [0.3, 0.4) is 0 Å². The summed E-state index contributed by atoms with van der Waals surface area (Å²) in [5, 5.41) is 4.66. The van der Waals surface area contributed by atoms with Crippen molar-refractivity contribution in [3.63, 3.8) is 0 Å². The molecule has 0 saturated heterocycles. The Morgan fingerprint density at radius 3 is 2.79 bits per heavy atom. The molecule has 0 N–H and O–H groups in total. The number of carbonyl (C=O) groups is 1. The molecule has 1 saturated carbocycles. The van der Waals surface area contributed by atoms with E-state index in [9.17, 15) is 9.18 Å². The number of amides is 1. The topological polar surface area (TPSA) is 63.9 Å². The summed E-state index contributed by atoms with van der Waals surface area (Å²) in [4.78, 5) is 23.6. The summed E-state index contributed by atoms with van der Waals surface area (Å²) in [6.07, 6.45) is 10.9. The van der Waals surface area contributed by atoms with Gasteiger partial charge in [-0.05, 0) is 48.8 Å². The largest absolute Gasteiger partial charge is 0.336 e. The Balaban J connectivity index is 1.44. The lowest BCUT2D eigenvalue weighted by molar-refractivity contribution is 0.0816. The zero-order valence-corrected chi connectivity index (χ0v) is 19.1. The lowest BCUT2D eigenvalue weighted by atomic mass is 9.89. The molecule has 1 unspecified atom stereocenters. The maximum absolute atomic E-state index is 14.6. The Labute approximate surface area is 192 Å². The molecule has 1 atom stereocenters. The summed E-state index contributed by atoms with van der Waals surface area (Å²) in [6, 6.07) is 3.93. The highest BCUT2D eigenvalue weighted by Crippen LogP contribution is 2.41. The van der Waals surface area contributed by atoms with E-state index >= 15 is 0 Å². The maximum atomic E-state index is 14.6. The van der Waals surface area contributed by atoms with E-state index in [1.165, 1.54) is 25.7 Å². The predicted octanol–water partition coefficient (Wildman–Crippen LogP) is 5.13. The van der Waals surface area contributed by atoms with E-state index in [1.807, 2.05) is 16.9 Å². The highest BCUT2D eigenvalue weighted by atomic mass is 19.1. The van der Waals surface area contributed by atoms with Gasteiger partial charge in [0.2, 0.25) is 0 Å². The van der Waals surface area contributed by atoms with Gasteiger partial charge in [0.25, 0.3) is 5.91 Å². The standard InChI is InChI=1S/C26H28FN5O/c1-26(7-3-4-8-26)15-32-13-18(12-29-32)19-9-16-5-6-21(27)24(16)30-23(19)17-10-20-22(28-11-17)14-31(2)25(20)33/h9-13,21H,3-8,14-15H2,1-2H3. The molecule has 0 aromatic carbocycles. The molecule has 0 spiro atoms. The number of hydrogen-bond donors (Lipinski definition) is 0. The van der Waals surface area contributed by atoms with Crippen LogP contribution < -0.4 is 0 Å². The fourth-order valence-corrected chi connectivity index (χ4v) is 5.70. The van der Waals surface area contributed by atoms with E-state index in [1.54, 1.807) is 18.1 Å². The van der Waals surface area contributed by atoms with Gasteiger partial charge in [-0.3, -0.25) is 14.5 Å². The number of fused-ring (bicyclic) bond motifs is 2. The average molecular weight is 446 g/mol. The van der Waals surface area contributed by atoms with Gasteiger partial charge >= 0.3 is 0 Å². The van der Waals surface area contributed by atoms with Crippen LogP contribution in [0, 0.1) is 5.41 Å². The minimum atomic E-state index is -1.05. The van der Waals surface area contributed by atoms with E-state index in [0.717, 1.165) is 34.5 Å². The van der Waals surface area contributed by atoms with Crippen LogP contribution in [0.4, 0.5) is 4.39 Å². The lowest BCUT2D eigenvalue weighted by Gasteiger charge is -2.23. The Morgan fingerprint density at radius 1 is 1.15 bits per heavy atom. The number of rotatable bonds is 4. The molecule has 3 aromatic rings. The van der Waals surface area contributed by atoms with Gasteiger partial charge in [-0.15, -0.1) is 0 Å². The number of aromatic nitrogens is 4. The van der Waals surface area contributed by atoms with Gasteiger partial charge in [0, 0.05) is 42.7 Å². The Kier molecular flexibility index (Phi) is 4.64. The molecule has 0 radical (unpaired) electrons. The van der Waals surface area contributed by atoms with Crippen molar-refractivity contribution >= 4 is 5.91 Å². The molecule has 1 fully saturated rings. The van der Waals surface area contributed by atoms with Crippen molar-refractivity contribution in [2.75, 3.05) is 7.05 Å². The SMILES string of the molecule is CN1Cc2ncc(-c3nc4c(cc3-c3cnn(CC5(C)CCCC5)c3)CCC4F)cc2C1=O. The van der Waals surface area contributed by atoms with E-state index < -0.39 is 6.17 Å². The van der Waals surface area contributed by atoms with Crippen LogP contribution in [0.25, 0.3) is 22.4 Å². The summed E-state index contributed by atoms with van der Waals surface area (Å²) >= 11 is 0. The van der Waals surface area contributed by atoms with Crippen LogP contribution in [0.2, 0.25) is 0 Å². The molecule has 7 heteroatoms. The number of pyridine rings is 2. The van der Waals surface area contributed by atoms with Gasteiger partial charge in [0.1, 0.15) is 6.17 Å². The van der Waals surface area contributed by atoms with Crippen LogP contribution in [0.1, 0.15) is 72.5 Å². The molecule has 2 aliphatic carbocycles. The summed E-state index contributed by atoms with van der Waals surface area (Å²) in [6.45, 7) is 3.75. The van der Waals surface area contributed by atoms with Crippen molar-refractivity contribution in [1.82, 2.24) is 24.6 Å². The smallest absolute Gasteiger partial charge is 0.255 e. The summed E-state index contributed by atoms with van der Waals surface area (Å²) in [7, 11) is 1.77. The van der Waals surface area contributed by atoms with Crippen molar-refractivity contribution in [3.8, 4) is 22.4 Å². The van der Waals surface area contributed by atoms with Gasteiger partial charge in [-0.25, -0.2) is 9.37 Å². The fourth-order valence-electron chi connectivity index (χ4n) is 5.70. The van der Waals surface area contributed by atoms with E-state index in [0.29, 0.717) is 41.8 Å². The highest BCUT2D eigenvalue weighted by molar-refractivity contribution is 5.99. The molecule has 3 aromatic heterocycles. The number of alkyl halides is 1. The van der Waals surface area contributed by atoms with Crippen molar-refractivity contribution in [3.05, 3.63) is 53.2 Å². The summed E-state index contributed by atoms with van der Waals surface area (Å²) in [5.74, 6) is -0.0388. The Morgan fingerprint density at radius 2 is 1.97 bits per heavy atom. The van der Waals surface area contributed by atoms with Crippen molar-refractivity contribution in [2.45, 2.75) is 64.7 Å². The molecule has 6 rings (SSSR count). The number of carbonyl (C=O) groups excluding carboxylic acids is 1. The lowest BCUT2D eigenvalue weighted by Crippen LogP contribution is -2.19. The minimum absolute atomic E-state index is 0.0388. The number of aryl methyl sites for hydroxylation is 1. The quantitative estimate of drug-likeness (QED) is 0.559. The number of nitrogens with zero attached hydrogens (tertiary/aromatic N) is 5. The third-order valence-electron chi connectivity index (χ3n) is 7.61. The second kappa shape index (κ2) is 7.47. The third-order valence-corrected chi connectivity index (χ3v) is 7.61. The zero-order chi connectivity index (χ0) is 22.7. The third kappa shape index (κ3) is 3.45. The fraction of sp³-hybridized carbons (Fsp3) is 0.462.